The van der Waals surface area contributed by atoms with Gasteiger partial charge in [-0.15, -0.1) is 0 Å². The molecule has 2 aromatic heterocycles. The molecule has 10 nitrogen and oxygen atoms in total. The highest BCUT2D eigenvalue weighted by atomic mass is 32.2. The second-order valence-corrected chi connectivity index (χ2v) is 8.69. The maximum atomic E-state index is 12.3. The topological polar surface area (TPSA) is 137 Å². The highest BCUT2D eigenvalue weighted by Crippen LogP contribution is 2.31. The fraction of sp³-hybridized carbons (Fsp3) is 0.353. The van der Waals surface area contributed by atoms with Gasteiger partial charge in [-0.1, -0.05) is 6.07 Å². The summed E-state index contributed by atoms with van der Waals surface area (Å²) in [6, 6.07) is 6.52. The lowest BCUT2D eigenvalue weighted by Crippen LogP contribution is -2.37. The van der Waals surface area contributed by atoms with Gasteiger partial charge in [-0.25, -0.2) is 17.7 Å². The molecule has 3 heterocycles. The lowest BCUT2D eigenvalue weighted by atomic mass is 9.93. The second kappa shape index (κ2) is 6.51. The summed E-state index contributed by atoms with van der Waals surface area (Å²) in [5.74, 6) is -0.0268. The Bertz CT molecular complexity index is 1240. The smallest absolute Gasteiger partial charge is 0.407 e. The van der Waals surface area contributed by atoms with Gasteiger partial charge >= 0.3 is 6.09 Å². The Morgan fingerprint density at radius 1 is 1.32 bits per heavy atom. The van der Waals surface area contributed by atoms with Crippen LogP contribution in [-0.2, 0) is 10.0 Å². The molecular formula is C17H19N5O5S. The number of nitrogens with zero attached hydrogens (tertiary/aromatic N) is 3. The van der Waals surface area contributed by atoms with E-state index in [-0.39, 0.29) is 11.5 Å². The normalized spacial score (nSPS) is 16.0. The minimum atomic E-state index is -3.51. The molecule has 148 valence electrons. The number of fused-ring (bicyclic) bond motifs is 3. The van der Waals surface area contributed by atoms with Crippen LogP contribution in [0.2, 0.25) is 0 Å². The maximum absolute atomic E-state index is 12.3. The number of aromatic amines is 1. The average Bonchev–Trinajstić information content (AvgIpc) is 2.99. The summed E-state index contributed by atoms with van der Waals surface area (Å²) in [6.07, 6.45) is 1.27. The molecule has 1 aromatic carbocycles. The molecule has 0 bridgehead atoms. The first kappa shape index (κ1) is 18.3. The quantitative estimate of drug-likeness (QED) is 0.602. The highest BCUT2D eigenvalue weighted by Gasteiger charge is 2.26. The van der Waals surface area contributed by atoms with Crippen LogP contribution in [0.5, 0.6) is 0 Å². The first-order chi connectivity index (χ1) is 13.2. The van der Waals surface area contributed by atoms with Gasteiger partial charge in [-0.2, -0.15) is 5.10 Å². The molecule has 0 aliphatic carbocycles. The summed E-state index contributed by atoms with van der Waals surface area (Å²) in [7, 11) is -3.51. The minimum Gasteiger partial charge on any atom is -0.465 e. The number of benzene rings is 1. The molecule has 0 atom stereocenters. The summed E-state index contributed by atoms with van der Waals surface area (Å²) in [5.41, 5.74) is 1.65. The third kappa shape index (κ3) is 3.28. The molecule has 3 aromatic rings. The number of piperidine rings is 1. The Morgan fingerprint density at radius 2 is 2.04 bits per heavy atom. The maximum Gasteiger partial charge on any atom is 0.407 e. The standard InChI is InChI=1S/C17H19N5O5S/c1-28(26,27)20-12-4-2-3-11-15(12)16-18-14(23)9-13(22(16)19-11)10-5-7-21(8-6-10)17(24)25/h2-4,9-10,20H,5-8H2,1H3,(H,18,23)(H,24,25). The van der Waals surface area contributed by atoms with Crippen molar-refractivity contribution in [1.82, 2.24) is 19.5 Å². The van der Waals surface area contributed by atoms with Crippen molar-refractivity contribution in [3.05, 3.63) is 40.3 Å². The van der Waals surface area contributed by atoms with Crippen molar-refractivity contribution in [2.75, 3.05) is 24.1 Å². The first-order valence-corrected chi connectivity index (χ1v) is 10.6. The molecular weight excluding hydrogens is 386 g/mol. The van der Waals surface area contributed by atoms with Crippen LogP contribution in [0.1, 0.15) is 24.5 Å². The zero-order valence-corrected chi connectivity index (χ0v) is 15.9. The van der Waals surface area contributed by atoms with Gasteiger partial charge in [0, 0.05) is 25.1 Å². The fourth-order valence-corrected chi connectivity index (χ4v) is 4.30. The summed E-state index contributed by atoms with van der Waals surface area (Å²) in [5, 5.41) is 14.2. The lowest BCUT2D eigenvalue weighted by Gasteiger charge is -2.30. The number of anilines is 1. The number of hydrogen-bond donors (Lipinski definition) is 3. The van der Waals surface area contributed by atoms with E-state index >= 15 is 0 Å². The van der Waals surface area contributed by atoms with E-state index < -0.39 is 16.1 Å². The minimum absolute atomic E-state index is 0.0268. The molecule has 1 saturated heterocycles. The second-order valence-electron chi connectivity index (χ2n) is 6.94. The van der Waals surface area contributed by atoms with E-state index in [9.17, 15) is 18.0 Å². The highest BCUT2D eigenvalue weighted by molar-refractivity contribution is 7.92. The molecule has 1 aliphatic rings. The van der Waals surface area contributed by atoms with Crippen LogP contribution >= 0.6 is 0 Å². The first-order valence-electron chi connectivity index (χ1n) is 8.73. The number of rotatable bonds is 3. The summed E-state index contributed by atoms with van der Waals surface area (Å²) in [4.78, 5) is 27.6. The van der Waals surface area contributed by atoms with Crippen LogP contribution in [0.25, 0.3) is 16.6 Å². The van der Waals surface area contributed by atoms with E-state index in [1.807, 2.05) is 0 Å². The number of H-pyrrole nitrogens is 1. The van der Waals surface area contributed by atoms with Crippen molar-refractivity contribution in [2.45, 2.75) is 18.8 Å². The van der Waals surface area contributed by atoms with Gasteiger partial charge in [0.05, 0.1) is 28.5 Å². The number of nitrogens with one attached hydrogen (secondary N) is 2. The average molecular weight is 405 g/mol. The molecule has 1 amide bonds. The molecule has 1 fully saturated rings. The zero-order chi connectivity index (χ0) is 20.1. The molecule has 4 rings (SSSR count). The van der Waals surface area contributed by atoms with Crippen molar-refractivity contribution in [3.8, 4) is 0 Å². The summed E-state index contributed by atoms with van der Waals surface area (Å²) >= 11 is 0. The van der Waals surface area contributed by atoms with Crippen molar-refractivity contribution < 1.29 is 18.3 Å². The van der Waals surface area contributed by atoms with E-state index in [4.69, 9.17) is 5.11 Å². The van der Waals surface area contributed by atoms with E-state index in [2.05, 4.69) is 14.8 Å². The van der Waals surface area contributed by atoms with Gasteiger partial charge in [-0.05, 0) is 25.0 Å². The number of sulfonamides is 1. The van der Waals surface area contributed by atoms with Gasteiger partial charge < -0.3 is 15.0 Å². The molecule has 0 radical (unpaired) electrons. The van der Waals surface area contributed by atoms with E-state index in [1.165, 1.54) is 11.0 Å². The molecule has 28 heavy (non-hydrogen) atoms. The van der Waals surface area contributed by atoms with E-state index in [0.717, 1.165) is 6.26 Å². The third-order valence-electron chi connectivity index (χ3n) is 4.94. The van der Waals surface area contributed by atoms with Crippen LogP contribution < -0.4 is 10.3 Å². The number of carbonyl (C=O) groups is 1. The number of hydrogen-bond acceptors (Lipinski definition) is 5. The molecule has 11 heteroatoms. The Hall–Kier alpha value is -3.08. The molecule has 0 unspecified atom stereocenters. The molecule has 1 aliphatic heterocycles. The van der Waals surface area contributed by atoms with E-state index in [0.29, 0.717) is 53.9 Å². The van der Waals surface area contributed by atoms with Crippen molar-refractivity contribution in [2.24, 2.45) is 0 Å². The fourth-order valence-electron chi connectivity index (χ4n) is 3.73. The van der Waals surface area contributed by atoms with Crippen molar-refractivity contribution in [3.63, 3.8) is 0 Å². The summed E-state index contributed by atoms with van der Waals surface area (Å²) < 4.78 is 27.5. The monoisotopic (exact) mass is 405 g/mol. The number of carboxylic acid groups (broad SMARTS) is 1. The van der Waals surface area contributed by atoms with Crippen LogP contribution in [0.15, 0.2) is 29.1 Å². The van der Waals surface area contributed by atoms with Crippen molar-refractivity contribution >= 4 is 38.4 Å². The zero-order valence-electron chi connectivity index (χ0n) is 15.0. The van der Waals surface area contributed by atoms with Gasteiger partial charge in [-0.3, -0.25) is 9.52 Å². The van der Waals surface area contributed by atoms with Crippen LogP contribution in [0.3, 0.4) is 0 Å². The summed E-state index contributed by atoms with van der Waals surface area (Å²) in [6.45, 7) is 0.770. The number of aromatic nitrogens is 3. The van der Waals surface area contributed by atoms with Crippen LogP contribution in [-0.4, -0.2) is 58.5 Å². The van der Waals surface area contributed by atoms with Gasteiger partial charge in [0.1, 0.15) is 5.65 Å². The van der Waals surface area contributed by atoms with E-state index in [1.54, 1.807) is 22.7 Å². The number of likely N-dealkylation sites (tertiary alicyclic amines) is 1. The molecule has 3 N–H and O–H groups in total. The Labute approximate surface area is 159 Å². The van der Waals surface area contributed by atoms with Gasteiger partial charge in [0.15, 0.2) is 0 Å². The molecule has 0 spiro atoms. The van der Waals surface area contributed by atoms with Crippen LogP contribution in [0.4, 0.5) is 10.5 Å². The Balaban J connectivity index is 1.86. The molecule has 0 saturated carbocycles. The van der Waals surface area contributed by atoms with Crippen molar-refractivity contribution in [1.29, 1.82) is 0 Å². The Morgan fingerprint density at radius 3 is 2.68 bits per heavy atom. The number of amides is 1. The van der Waals surface area contributed by atoms with Gasteiger partial charge in [0.25, 0.3) is 5.56 Å². The third-order valence-corrected chi connectivity index (χ3v) is 5.53. The SMILES string of the molecule is CS(=O)(=O)Nc1cccc2nn3c(C4CCN(C(=O)O)CC4)cc(=O)[nH]c3c12. The van der Waals surface area contributed by atoms with Crippen LogP contribution in [0, 0.1) is 0 Å². The largest absolute Gasteiger partial charge is 0.465 e. The lowest BCUT2D eigenvalue weighted by molar-refractivity contribution is 0.131. The predicted octanol–water partition coefficient (Wildman–Crippen LogP) is 1.40. The van der Waals surface area contributed by atoms with Gasteiger partial charge in [0.2, 0.25) is 10.0 Å². The Kier molecular flexibility index (Phi) is 4.26. The predicted molar refractivity (Wildman–Crippen MR) is 103 cm³/mol.